The highest BCUT2D eigenvalue weighted by atomic mass is 32.2. The van der Waals surface area contributed by atoms with Gasteiger partial charge in [-0.05, 0) is 54.3 Å². The zero-order chi connectivity index (χ0) is 34.0. The average molecular weight is 660 g/mol. The summed E-state index contributed by atoms with van der Waals surface area (Å²) in [5.74, 6) is -0.433. The number of benzene rings is 3. The van der Waals surface area contributed by atoms with Gasteiger partial charge in [0.15, 0.2) is 0 Å². The van der Waals surface area contributed by atoms with Crippen LogP contribution < -0.4 is 25.0 Å². The van der Waals surface area contributed by atoms with Gasteiger partial charge in [-0.1, -0.05) is 60.7 Å². The van der Waals surface area contributed by atoms with Gasteiger partial charge in [-0.25, -0.2) is 8.42 Å². The fourth-order valence-corrected chi connectivity index (χ4v) is 5.42. The summed E-state index contributed by atoms with van der Waals surface area (Å²) >= 11 is 0. The van der Waals surface area contributed by atoms with Crippen molar-refractivity contribution in [2.24, 2.45) is 0 Å². The molecule has 0 unspecified atom stereocenters. The number of methoxy groups -OCH3 is 1. The monoisotopic (exact) mass is 659 g/mol. The molecule has 4 aromatic rings. The van der Waals surface area contributed by atoms with Crippen molar-refractivity contribution in [3.63, 3.8) is 0 Å². The van der Waals surface area contributed by atoms with Gasteiger partial charge in [0.1, 0.15) is 5.75 Å². The van der Waals surface area contributed by atoms with E-state index in [1.54, 1.807) is 19.5 Å². The number of carbonyl (C=O) groups is 2. The van der Waals surface area contributed by atoms with Crippen LogP contribution in [-0.4, -0.2) is 69.4 Å². The van der Waals surface area contributed by atoms with Crippen LogP contribution in [0.3, 0.4) is 0 Å². The number of amides is 2. The number of nitrogens with one attached hydrogen (secondary N) is 3. The highest BCUT2D eigenvalue weighted by Gasteiger charge is 2.25. The van der Waals surface area contributed by atoms with Crippen LogP contribution in [0.5, 0.6) is 5.75 Å². The first kappa shape index (κ1) is 35.1. The SMILES string of the molecule is COc1cncc(CNC[C@@H](O)[C@H](Cc2ccccc2)NC(=O)c2cc(C(=O)N[C@H](C)c3ccccc3)cc(N(C)S(C)(=O)=O)c2)c1. The molecule has 0 saturated heterocycles. The van der Waals surface area contributed by atoms with Gasteiger partial charge in [0.25, 0.3) is 11.8 Å². The first-order valence-electron chi connectivity index (χ1n) is 15.1. The molecule has 1 heterocycles. The maximum atomic E-state index is 13.8. The Bertz CT molecular complexity index is 1760. The van der Waals surface area contributed by atoms with Crippen molar-refractivity contribution in [2.45, 2.75) is 38.1 Å². The van der Waals surface area contributed by atoms with Crippen LogP contribution >= 0.6 is 0 Å². The quantitative estimate of drug-likeness (QED) is 0.152. The van der Waals surface area contributed by atoms with E-state index in [1.807, 2.05) is 73.7 Å². The zero-order valence-corrected chi connectivity index (χ0v) is 27.7. The Hall–Kier alpha value is -4.78. The largest absolute Gasteiger partial charge is 0.495 e. The van der Waals surface area contributed by atoms with E-state index in [0.29, 0.717) is 18.7 Å². The van der Waals surface area contributed by atoms with Crippen molar-refractivity contribution < 1.29 is 27.9 Å². The second-order valence-corrected chi connectivity index (χ2v) is 13.3. The van der Waals surface area contributed by atoms with E-state index in [9.17, 15) is 23.1 Å². The average Bonchev–Trinajstić information content (AvgIpc) is 3.07. The molecule has 11 nitrogen and oxygen atoms in total. The lowest BCUT2D eigenvalue weighted by Crippen LogP contribution is -2.48. The van der Waals surface area contributed by atoms with Crippen molar-refractivity contribution >= 4 is 27.5 Å². The normalized spacial score (nSPS) is 13.2. The molecule has 0 aliphatic carbocycles. The molecule has 12 heteroatoms. The van der Waals surface area contributed by atoms with Gasteiger partial charge in [-0.3, -0.25) is 18.9 Å². The smallest absolute Gasteiger partial charge is 0.251 e. The molecule has 0 aliphatic heterocycles. The van der Waals surface area contributed by atoms with E-state index in [0.717, 1.165) is 27.3 Å². The van der Waals surface area contributed by atoms with Gasteiger partial charge < -0.3 is 25.8 Å². The fraction of sp³-hybridized carbons (Fsp3) is 0.286. The first-order chi connectivity index (χ1) is 22.4. The summed E-state index contributed by atoms with van der Waals surface area (Å²) in [6, 6.07) is 23.8. The molecule has 3 aromatic carbocycles. The second kappa shape index (κ2) is 16.2. The van der Waals surface area contributed by atoms with E-state index in [4.69, 9.17) is 4.74 Å². The van der Waals surface area contributed by atoms with E-state index in [1.165, 1.54) is 25.2 Å². The number of anilines is 1. The Labute approximate surface area is 276 Å². The Kier molecular flexibility index (Phi) is 12.1. The Morgan fingerprint density at radius 1 is 0.894 bits per heavy atom. The number of aliphatic hydroxyl groups is 1. The van der Waals surface area contributed by atoms with Crippen molar-refractivity contribution in [2.75, 3.05) is 31.3 Å². The van der Waals surface area contributed by atoms with Crippen LogP contribution in [0.25, 0.3) is 0 Å². The molecule has 0 aliphatic rings. The molecule has 0 saturated carbocycles. The third-order valence-electron chi connectivity index (χ3n) is 7.72. The highest BCUT2D eigenvalue weighted by Crippen LogP contribution is 2.22. The van der Waals surface area contributed by atoms with Crippen LogP contribution in [0, 0.1) is 0 Å². The minimum atomic E-state index is -3.71. The fourth-order valence-electron chi connectivity index (χ4n) is 4.93. The minimum absolute atomic E-state index is 0.0659. The molecular weight excluding hydrogens is 618 g/mol. The predicted molar refractivity (Wildman–Crippen MR) is 182 cm³/mol. The summed E-state index contributed by atoms with van der Waals surface area (Å²) in [6.07, 6.45) is 3.65. The van der Waals surface area contributed by atoms with Gasteiger partial charge in [-0.15, -0.1) is 0 Å². The molecule has 3 atom stereocenters. The van der Waals surface area contributed by atoms with Crippen LogP contribution in [0.15, 0.2) is 97.3 Å². The Morgan fingerprint density at radius 3 is 2.13 bits per heavy atom. The molecule has 0 bridgehead atoms. The Balaban J connectivity index is 1.58. The molecule has 4 rings (SSSR count). The standard InChI is InChI=1S/C35H41N5O6S/c1-24(27-13-9-6-10-14-27)38-34(42)28-17-29(19-30(18-28)40(2)47(4,44)45)35(43)39-32(16-25-11-7-5-8-12-25)33(41)23-37-21-26-15-31(46-3)22-36-20-26/h5-15,17-20,22,24,32-33,37,41H,16,21,23H2,1-4H3,(H,38,42)(H,39,43)/t24-,32+,33-/m1/s1. The number of rotatable bonds is 15. The molecule has 4 N–H and O–H groups in total. The summed E-state index contributed by atoms with van der Waals surface area (Å²) in [6.45, 7) is 2.39. The van der Waals surface area contributed by atoms with E-state index >= 15 is 0 Å². The van der Waals surface area contributed by atoms with Crippen LogP contribution in [0.2, 0.25) is 0 Å². The molecule has 2 amide bonds. The van der Waals surface area contributed by atoms with Gasteiger partial charge in [0.2, 0.25) is 10.0 Å². The van der Waals surface area contributed by atoms with E-state index < -0.39 is 34.0 Å². The van der Waals surface area contributed by atoms with Gasteiger partial charge >= 0.3 is 0 Å². The minimum Gasteiger partial charge on any atom is -0.495 e. The van der Waals surface area contributed by atoms with Crippen molar-refractivity contribution in [1.29, 1.82) is 0 Å². The van der Waals surface area contributed by atoms with Crippen LogP contribution in [0.4, 0.5) is 5.69 Å². The number of ether oxygens (including phenoxy) is 1. The number of aliphatic hydroxyl groups excluding tert-OH is 1. The summed E-state index contributed by atoms with van der Waals surface area (Å²) in [7, 11) is -0.799. The van der Waals surface area contributed by atoms with E-state index in [2.05, 4.69) is 20.9 Å². The lowest BCUT2D eigenvalue weighted by atomic mass is 10.00. The molecule has 0 radical (unpaired) electrons. The van der Waals surface area contributed by atoms with Gasteiger partial charge in [0, 0.05) is 37.5 Å². The summed E-state index contributed by atoms with van der Waals surface area (Å²) < 4.78 is 31.1. The van der Waals surface area contributed by atoms with E-state index in [-0.39, 0.29) is 29.4 Å². The third kappa shape index (κ3) is 10.1. The van der Waals surface area contributed by atoms with Crippen molar-refractivity contribution in [1.82, 2.24) is 20.9 Å². The van der Waals surface area contributed by atoms with Crippen LogP contribution in [-0.2, 0) is 23.0 Å². The predicted octanol–water partition coefficient (Wildman–Crippen LogP) is 3.47. The third-order valence-corrected chi connectivity index (χ3v) is 8.92. The molecule has 0 fully saturated rings. The molecule has 248 valence electrons. The maximum Gasteiger partial charge on any atom is 0.251 e. The summed E-state index contributed by atoms with van der Waals surface area (Å²) in [5.41, 5.74) is 2.97. The number of aromatic nitrogens is 1. The Morgan fingerprint density at radius 2 is 1.51 bits per heavy atom. The number of hydrogen-bond donors (Lipinski definition) is 4. The number of nitrogens with zero attached hydrogens (tertiary/aromatic N) is 2. The highest BCUT2D eigenvalue weighted by molar-refractivity contribution is 7.92. The molecule has 1 aromatic heterocycles. The topological polar surface area (TPSA) is 150 Å². The number of carbonyl (C=O) groups excluding carboxylic acids is 2. The lowest BCUT2D eigenvalue weighted by molar-refractivity contribution is 0.0830. The number of pyridine rings is 1. The van der Waals surface area contributed by atoms with Crippen LogP contribution in [0.1, 0.15) is 50.4 Å². The number of sulfonamides is 1. The maximum absolute atomic E-state index is 13.8. The second-order valence-electron chi connectivity index (χ2n) is 11.3. The van der Waals surface area contributed by atoms with Crippen molar-refractivity contribution in [3.05, 3.63) is 125 Å². The summed E-state index contributed by atoms with van der Waals surface area (Å²) in [4.78, 5) is 31.3. The molecule has 0 spiro atoms. The molecular formula is C35H41N5O6S. The van der Waals surface area contributed by atoms with Gasteiger partial charge in [-0.2, -0.15) is 0 Å². The molecule has 47 heavy (non-hydrogen) atoms. The summed E-state index contributed by atoms with van der Waals surface area (Å²) in [5, 5.41) is 20.3. The lowest BCUT2D eigenvalue weighted by Gasteiger charge is -2.25. The number of hydrogen-bond acceptors (Lipinski definition) is 8. The van der Waals surface area contributed by atoms with Crippen molar-refractivity contribution in [3.8, 4) is 5.75 Å². The first-order valence-corrected chi connectivity index (χ1v) is 17.0. The zero-order valence-electron chi connectivity index (χ0n) is 26.9. The van der Waals surface area contributed by atoms with Gasteiger partial charge in [0.05, 0.1) is 43.4 Å².